The fourth-order valence-electron chi connectivity index (χ4n) is 3.62. The third kappa shape index (κ3) is 3.62. The van der Waals surface area contributed by atoms with Crippen LogP contribution in [0.1, 0.15) is 31.0 Å². The summed E-state index contributed by atoms with van der Waals surface area (Å²) in [6.07, 6.45) is 1.81. The number of hydrogen-bond acceptors (Lipinski definition) is 7. The van der Waals surface area contributed by atoms with Crippen molar-refractivity contribution in [1.82, 2.24) is 19.9 Å². The molecule has 0 unspecified atom stereocenters. The number of ether oxygens (including phenoxy) is 1. The van der Waals surface area contributed by atoms with E-state index in [9.17, 15) is 14.0 Å². The van der Waals surface area contributed by atoms with E-state index in [-0.39, 0.29) is 11.6 Å². The minimum absolute atomic E-state index is 0.126. The number of aromatic nitrogens is 3. The fourth-order valence-corrected chi connectivity index (χ4v) is 4.61. The van der Waals surface area contributed by atoms with E-state index in [1.54, 1.807) is 14.0 Å². The number of nitrogens with one attached hydrogen (secondary N) is 1. The Morgan fingerprint density at radius 3 is 2.97 bits per heavy atom. The molecule has 10 heteroatoms. The first-order valence-corrected chi connectivity index (χ1v) is 10.6. The lowest BCUT2D eigenvalue weighted by atomic mass is 10.1. The molecule has 8 nitrogen and oxygen atoms in total. The van der Waals surface area contributed by atoms with Crippen molar-refractivity contribution in [3.8, 4) is 5.75 Å². The lowest BCUT2D eigenvalue weighted by Gasteiger charge is -2.22. The first kappa shape index (κ1) is 20.3. The first-order valence-electron chi connectivity index (χ1n) is 9.78. The number of carbonyl (C=O) groups is 1. The van der Waals surface area contributed by atoms with Gasteiger partial charge in [0.25, 0.3) is 0 Å². The van der Waals surface area contributed by atoms with Gasteiger partial charge >= 0.3 is 5.56 Å². The monoisotopic (exact) mass is 431 g/mol. The number of benzene rings is 1. The van der Waals surface area contributed by atoms with Crippen LogP contribution in [0.15, 0.2) is 29.1 Å². The second kappa shape index (κ2) is 8.39. The summed E-state index contributed by atoms with van der Waals surface area (Å²) in [6.45, 7) is 2.72. The number of rotatable bonds is 6. The van der Waals surface area contributed by atoms with Gasteiger partial charge in [-0.05, 0) is 25.3 Å². The van der Waals surface area contributed by atoms with E-state index in [2.05, 4.69) is 15.4 Å². The topological polar surface area (TPSA) is 88.8 Å². The van der Waals surface area contributed by atoms with Crippen molar-refractivity contribution in [2.24, 2.45) is 0 Å². The summed E-state index contributed by atoms with van der Waals surface area (Å²) in [5.41, 5.74) is 0.203. The van der Waals surface area contributed by atoms with Crippen LogP contribution < -0.4 is 20.5 Å². The summed E-state index contributed by atoms with van der Waals surface area (Å²) in [6, 6.07) is 7.10. The van der Waals surface area contributed by atoms with Gasteiger partial charge in [-0.2, -0.15) is 8.91 Å². The van der Waals surface area contributed by atoms with Crippen LogP contribution in [0.4, 0.5) is 9.52 Å². The Bertz CT molecular complexity index is 1150. The van der Waals surface area contributed by atoms with Crippen LogP contribution in [0.3, 0.4) is 0 Å². The van der Waals surface area contributed by atoms with Gasteiger partial charge in [-0.3, -0.25) is 9.59 Å². The lowest BCUT2D eigenvalue weighted by molar-refractivity contribution is -0.122. The van der Waals surface area contributed by atoms with Gasteiger partial charge in [0.05, 0.1) is 12.8 Å². The largest absolute Gasteiger partial charge is 0.496 e. The van der Waals surface area contributed by atoms with Crippen molar-refractivity contribution in [3.05, 3.63) is 51.7 Å². The summed E-state index contributed by atoms with van der Waals surface area (Å²) < 4.78 is 20.4. The number of anilines is 1. The van der Waals surface area contributed by atoms with E-state index in [0.717, 1.165) is 16.5 Å². The Hall–Kier alpha value is -3.01. The summed E-state index contributed by atoms with van der Waals surface area (Å²) in [4.78, 5) is 31.5. The van der Waals surface area contributed by atoms with Gasteiger partial charge in [0.2, 0.25) is 21.8 Å². The zero-order chi connectivity index (χ0) is 21.3. The highest BCUT2D eigenvalue weighted by molar-refractivity contribution is 7.20. The molecule has 1 saturated heterocycles. The predicted octanol–water partition coefficient (Wildman–Crippen LogP) is 2.15. The van der Waals surface area contributed by atoms with Crippen molar-refractivity contribution in [2.75, 3.05) is 18.6 Å². The minimum Gasteiger partial charge on any atom is -0.496 e. The van der Waals surface area contributed by atoms with Crippen molar-refractivity contribution >= 4 is 27.3 Å². The average Bonchev–Trinajstić information content (AvgIpc) is 3.41. The van der Waals surface area contributed by atoms with Crippen LogP contribution in [-0.4, -0.2) is 40.2 Å². The fraction of sp³-hybridized carbons (Fsp3) is 0.400. The Labute approximate surface area is 176 Å². The molecule has 158 valence electrons. The zero-order valence-electron chi connectivity index (χ0n) is 16.7. The molecule has 1 fully saturated rings. The average molecular weight is 431 g/mol. The normalized spacial score (nSPS) is 16.2. The Morgan fingerprint density at radius 1 is 1.40 bits per heavy atom. The SMILES string of the molecule is CCc1nc2sc(N3CCC[C@@H]3C(=O)NCc3ccccc3OC)nn2c(=O)c1F. The molecule has 3 heterocycles. The molecule has 0 bridgehead atoms. The van der Waals surface area contributed by atoms with Crippen LogP contribution in [0.2, 0.25) is 0 Å². The van der Waals surface area contributed by atoms with Gasteiger partial charge in [-0.1, -0.05) is 36.5 Å². The second-order valence-corrected chi connectivity index (χ2v) is 7.93. The number of fused-ring (bicyclic) bond motifs is 1. The molecule has 1 atom stereocenters. The number of carbonyl (C=O) groups excluding carboxylic acids is 1. The number of methoxy groups -OCH3 is 1. The van der Waals surface area contributed by atoms with Gasteiger partial charge in [0, 0.05) is 18.7 Å². The highest BCUT2D eigenvalue weighted by Crippen LogP contribution is 2.29. The maximum Gasteiger partial charge on any atom is 0.311 e. The van der Waals surface area contributed by atoms with Crippen molar-refractivity contribution in [2.45, 2.75) is 38.8 Å². The minimum atomic E-state index is -0.876. The Balaban J connectivity index is 1.55. The van der Waals surface area contributed by atoms with E-state index >= 15 is 0 Å². The zero-order valence-corrected chi connectivity index (χ0v) is 17.5. The maximum absolute atomic E-state index is 14.1. The van der Waals surface area contributed by atoms with Gasteiger partial charge in [0.1, 0.15) is 11.8 Å². The standard InChI is InChI=1S/C20H22FN5O3S/c1-3-13-16(21)18(28)26-19(23-13)30-20(24-26)25-10-6-8-14(25)17(27)22-11-12-7-4-5-9-15(12)29-2/h4-5,7,9,14H,3,6,8,10-11H2,1-2H3,(H,22,27)/t14-/m1/s1. The first-order chi connectivity index (χ1) is 14.5. The molecule has 4 rings (SSSR count). The molecular formula is C20H22FN5O3S. The summed E-state index contributed by atoms with van der Waals surface area (Å²) in [5.74, 6) is -0.288. The van der Waals surface area contributed by atoms with E-state index in [4.69, 9.17) is 4.74 Å². The molecule has 0 saturated carbocycles. The number of para-hydroxylation sites is 1. The molecule has 30 heavy (non-hydrogen) atoms. The molecule has 0 radical (unpaired) electrons. The van der Waals surface area contributed by atoms with Crippen LogP contribution in [-0.2, 0) is 17.8 Å². The number of aryl methyl sites for hydroxylation is 1. The highest BCUT2D eigenvalue weighted by Gasteiger charge is 2.33. The third-order valence-electron chi connectivity index (χ3n) is 5.20. The third-order valence-corrected chi connectivity index (χ3v) is 6.14. The summed E-state index contributed by atoms with van der Waals surface area (Å²) in [5, 5.41) is 7.70. The van der Waals surface area contributed by atoms with Crippen molar-refractivity contribution in [3.63, 3.8) is 0 Å². The van der Waals surface area contributed by atoms with Crippen molar-refractivity contribution in [1.29, 1.82) is 0 Å². The van der Waals surface area contributed by atoms with Gasteiger partial charge in [-0.25, -0.2) is 4.98 Å². The molecule has 1 N–H and O–H groups in total. The van der Waals surface area contributed by atoms with Crippen LogP contribution in [0.5, 0.6) is 5.75 Å². The van der Waals surface area contributed by atoms with E-state index in [0.29, 0.717) is 41.8 Å². The van der Waals surface area contributed by atoms with Crippen LogP contribution >= 0.6 is 11.3 Å². The quantitative estimate of drug-likeness (QED) is 0.643. The Morgan fingerprint density at radius 2 is 2.20 bits per heavy atom. The highest BCUT2D eigenvalue weighted by atomic mass is 32.1. The van der Waals surface area contributed by atoms with Gasteiger partial charge in [-0.15, -0.1) is 5.10 Å². The molecule has 1 aliphatic heterocycles. The number of nitrogens with zero attached hydrogens (tertiary/aromatic N) is 4. The summed E-state index contributed by atoms with van der Waals surface area (Å²) >= 11 is 1.19. The summed E-state index contributed by atoms with van der Waals surface area (Å²) in [7, 11) is 1.59. The molecule has 1 aromatic carbocycles. The number of hydrogen-bond donors (Lipinski definition) is 1. The van der Waals surface area contributed by atoms with Gasteiger partial charge < -0.3 is 15.0 Å². The molecule has 1 amide bonds. The predicted molar refractivity (Wildman–Crippen MR) is 112 cm³/mol. The van der Waals surface area contributed by atoms with E-state index < -0.39 is 17.4 Å². The molecular weight excluding hydrogens is 409 g/mol. The molecule has 0 spiro atoms. The molecule has 2 aromatic heterocycles. The second-order valence-electron chi connectivity index (χ2n) is 6.99. The molecule has 1 aliphatic rings. The van der Waals surface area contributed by atoms with Crippen LogP contribution in [0.25, 0.3) is 4.96 Å². The Kier molecular flexibility index (Phi) is 5.67. The molecule has 0 aliphatic carbocycles. The smallest absolute Gasteiger partial charge is 0.311 e. The van der Waals surface area contributed by atoms with E-state index in [1.165, 1.54) is 11.3 Å². The van der Waals surface area contributed by atoms with Gasteiger partial charge in [0.15, 0.2) is 0 Å². The number of amides is 1. The number of halogens is 1. The molecule has 3 aromatic rings. The maximum atomic E-state index is 14.1. The van der Waals surface area contributed by atoms with Crippen LogP contribution in [0, 0.1) is 5.82 Å². The lowest BCUT2D eigenvalue weighted by Crippen LogP contribution is -2.43. The van der Waals surface area contributed by atoms with Crippen molar-refractivity contribution < 1.29 is 13.9 Å². The van der Waals surface area contributed by atoms with E-state index in [1.807, 2.05) is 29.2 Å².